The zero-order valence-electron chi connectivity index (χ0n) is 13.6. The molecular formula is C18H17N5O2. The number of rotatable bonds is 2. The minimum atomic E-state index is -0.700. The number of para-hydroxylation sites is 3. The molecule has 0 saturated heterocycles. The molecule has 2 heterocycles. The molecule has 2 aromatic rings. The highest BCUT2D eigenvalue weighted by molar-refractivity contribution is 6.23. The minimum absolute atomic E-state index is 0.00336. The molecule has 7 heteroatoms. The van der Waals surface area contributed by atoms with E-state index in [2.05, 4.69) is 10.3 Å². The van der Waals surface area contributed by atoms with E-state index < -0.39 is 6.04 Å². The highest BCUT2D eigenvalue weighted by Gasteiger charge is 2.43. The normalized spacial score (nSPS) is 18.6. The van der Waals surface area contributed by atoms with Crippen LogP contribution in [0.5, 0.6) is 0 Å². The Morgan fingerprint density at radius 2 is 1.84 bits per heavy atom. The zero-order chi connectivity index (χ0) is 17.6. The van der Waals surface area contributed by atoms with Gasteiger partial charge < -0.3 is 5.32 Å². The van der Waals surface area contributed by atoms with Crippen LogP contribution in [-0.2, 0) is 9.59 Å². The molecule has 0 radical (unpaired) electrons. The Hall–Kier alpha value is -3.19. The quantitative estimate of drug-likeness (QED) is 0.817. The van der Waals surface area contributed by atoms with Gasteiger partial charge in [-0.3, -0.25) is 14.5 Å². The number of guanidine groups is 1. The smallest absolute Gasteiger partial charge is 0.251 e. The molecule has 0 spiro atoms. The molecular weight excluding hydrogens is 318 g/mol. The molecule has 7 nitrogen and oxygen atoms in total. The van der Waals surface area contributed by atoms with Crippen LogP contribution in [0.3, 0.4) is 0 Å². The first-order valence-corrected chi connectivity index (χ1v) is 7.97. The summed E-state index contributed by atoms with van der Waals surface area (Å²) in [6, 6.07) is 14.2. The molecule has 1 atom stereocenters. The standard InChI is InChI=1S/C18H17N5O2/c1-11-6-2-3-7-12(11)20-17(25)15-10-16(24)21-18-22(15)13-8-4-5-9-14(13)23(18)19/h2-9,15H,10,19H2,1H3,(H,20,25)/t15-/m1/s1. The van der Waals surface area contributed by atoms with Crippen molar-refractivity contribution in [3.63, 3.8) is 0 Å². The monoisotopic (exact) mass is 335 g/mol. The molecule has 126 valence electrons. The molecule has 0 bridgehead atoms. The molecule has 3 N–H and O–H groups in total. The highest BCUT2D eigenvalue weighted by Crippen LogP contribution is 2.38. The number of nitrogens with zero attached hydrogens (tertiary/aromatic N) is 3. The lowest BCUT2D eigenvalue weighted by atomic mass is 10.1. The first-order chi connectivity index (χ1) is 12.1. The van der Waals surface area contributed by atoms with E-state index in [0.717, 1.165) is 16.9 Å². The molecule has 25 heavy (non-hydrogen) atoms. The predicted molar refractivity (Wildman–Crippen MR) is 96.2 cm³/mol. The number of nitrogens with one attached hydrogen (secondary N) is 1. The highest BCUT2D eigenvalue weighted by atomic mass is 16.2. The van der Waals surface area contributed by atoms with E-state index >= 15 is 0 Å². The molecule has 0 unspecified atom stereocenters. The number of carbonyl (C=O) groups is 2. The van der Waals surface area contributed by atoms with Crippen molar-refractivity contribution in [3.8, 4) is 0 Å². The van der Waals surface area contributed by atoms with E-state index in [1.807, 2.05) is 55.5 Å². The summed E-state index contributed by atoms with van der Waals surface area (Å²) >= 11 is 0. The van der Waals surface area contributed by atoms with Crippen molar-refractivity contribution in [1.82, 2.24) is 0 Å². The van der Waals surface area contributed by atoms with Gasteiger partial charge in [0.1, 0.15) is 6.04 Å². The molecule has 2 amide bonds. The minimum Gasteiger partial charge on any atom is -0.324 e. The predicted octanol–water partition coefficient (Wildman–Crippen LogP) is 1.79. The Kier molecular flexibility index (Phi) is 3.51. The number of nitrogens with two attached hydrogens (primary N) is 1. The van der Waals surface area contributed by atoms with Crippen LogP contribution in [-0.4, -0.2) is 23.8 Å². The molecule has 0 fully saturated rings. The van der Waals surface area contributed by atoms with E-state index in [0.29, 0.717) is 5.69 Å². The van der Waals surface area contributed by atoms with Gasteiger partial charge in [-0.2, -0.15) is 4.99 Å². The largest absolute Gasteiger partial charge is 0.324 e. The van der Waals surface area contributed by atoms with Gasteiger partial charge in [-0.15, -0.1) is 0 Å². The van der Waals surface area contributed by atoms with Crippen LogP contribution in [0.1, 0.15) is 12.0 Å². The maximum absolute atomic E-state index is 12.9. The van der Waals surface area contributed by atoms with Gasteiger partial charge in [0.2, 0.25) is 11.9 Å². The topological polar surface area (TPSA) is 91.0 Å². The first kappa shape index (κ1) is 15.3. The summed E-state index contributed by atoms with van der Waals surface area (Å²) < 4.78 is 0. The van der Waals surface area contributed by atoms with Crippen LogP contribution in [0.4, 0.5) is 17.1 Å². The van der Waals surface area contributed by atoms with Gasteiger partial charge in [-0.1, -0.05) is 30.3 Å². The Balaban J connectivity index is 1.71. The van der Waals surface area contributed by atoms with Crippen molar-refractivity contribution in [3.05, 3.63) is 54.1 Å². The van der Waals surface area contributed by atoms with Crippen LogP contribution in [0.2, 0.25) is 0 Å². The fraction of sp³-hybridized carbons (Fsp3) is 0.167. The van der Waals surface area contributed by atoms with Crippen LogP contribution in [0, 0.1) is 6.92 Å². The molecule has 0 aromatic heterocycles. The maximum Gasteiger partial charge on any atom is 0.251 e. The summed E-state index contributed by atoms with van der Waals surface area (Å²) in [5.74, 6) is 5.73. The second-order valence-electron chi connectivity index (χ2n) is 6.06. The van der Waals surface area contributed by atoms with Crippen molar-refractivity contribution in [2.24, 2.45) is 10.8 Å². The Bertz CT molecular complexity index is 908. The maximum atomic E-state index is 12.9. The van der Waals surface area contributed by atoms with Gasteiger partial charge >= 0.3 is 0 Å². The van der Waals surface area contributed by atoms with Crippen molar-refractivity contribution < 1.29 is 9.59 Å². The summed E-state index contributed by atoms with van der Waals surface area (Å²) in [5.41, 5.74) is 3.15. The molecule has 0 aliphatic carbocycles. The number of fused-ring (bicyclic) bond motifs is 3. The van der Waals surface area contributed by atoms with Crippen LogP contribution in [0.25, 0.3) is 0 Å². The van der Waals surface area contributed by atoms with Crippen molar-refractivity contribution in [1.29, 1.82) is 0 Å². The second kappa shape index (κ2) is 5.71. The summed E-state index contributed by atoms with van der Waals surface area (Å²) in [6.45, 7) is 1.92. The van der Waals surface area contributed by atoms with E-state index in [1.54, 1.807) is 4.90 Å². The number of carbonyl (C=O) groups excluding carboxylic acids is 2. The summed E-state index contributed by atoms with van der Waals surface area (Å²) in [7, 11) is 0. The van der Waals surface area contributed by atoms with Crippen LogP contribution < -0.4 is 21.1 Å². The molecule has 0 saturated carbocycles. The number of anilines is 3. The van der Waals surface area contributed by atoms with E-state index in [9.17, 15) is 9.59 Å². The second-order valence-corrected chi connectivity index (χ2v) is 6.06. The molecule has 2 aliphatic heterocycles. The van der Waals surface area contributed by atoms with Gasteiger partial charge in [0, 0.05) is 5.69 Å². The lowest BCUT2D eigenvalue weighted by molar-refractivity contribution is -0.123. The average molecular weight is 335 g/mol. The van der Waals surface area contributed by atoms with Crippen molar-refractivity contribution in [2.45, 2.75) is 19.4 Å². The number of aliphatic imine (C=N–C) groups is 1. The van der Waals surface area contributed by atoms with E-state index in [4.69, 9.17) is 5.84 Å². The number of aryl methyl sites for hydroxylation is 1. The number of hydrazine groups is 1. The van der Waals surface area contributed by atoms with Crippen LogP contribution >= 0.6 is 0 Å². The molecule has 4 rings (SSSR count). The molecule has 2 aliphatic rings. The lowest BCUT2D eigenvalue weighted by Crippen LogP contribution is -2.55. The summed E-state index contributed by atoms with van der Waals surface area (Å²) in [4.78, 5) is 30.7. The fourth-order valence-corrected chi connectivity index (χ4v) is 3.17. The number of hydrogen-bond donors (Lipinski definition) is 2. The Morgan fingerprint density at radius 1 is 1.16 bits per heavy atom. The SMILES string of the molecule is Cc1ccccc1NC(=O)[C@H]1CC(=O)N=C2N(N)c3ccccc3N21. The third-order valence-electron chi connectivity index (χ3n) is 4.44. The lowest BCUT2D eigenvalue weighted by Gasteiger charge is -2.31. The number of benzene rings is 2. The summed E-state index contributed by atoms with van der Waals surface area (Å²) in [5, 5.41) is 4.26. The van der Waals surface area contributed by atoms with Gasteiger partial charge in [0.05, 0.1) is 17.8 Å². The van der Waals surface area contributed by atoms with E-state index in [-0.39, 0.29) is 24.2 Å². The molecule has 2 aromatic carbocycles. The average Bonchev–Trinajstić information content (AvgIpc) is 2.89. The number of hydrogen-bond acceptors (Lipinski definition) is 5. The van der Waals surface area contributed by atoms with Gasteiger partial charge in [-0.05, 0) is 30.7 Å². The van der Waals surface area contributed by atoms with Gasteiger partial charge in [0.25, 0.3) is 5.91 Å². The third kappa shape index (κ3) is 2.45. The fourth-order valence-electron chi connectivity index (χ4n) is 3.17. The van der Waals surface area contributed by atoms with Gasteiger partial charge in [0.15, 0.2) is 0 Å². The van der Waals surface area contributed by atoms with Crippen LogP contribution in [0.15, 0.2) is 53.5 Å². The van der Waals surface area contributed by atoms with Crippen molar-refractivity contribution >= 4 is 34.8 Å². The van der Waals surface area contributed by atoms with Crippen molar-refractivity contribution in [2.75, 3.05) is 15.2 Å². The van der Waals surface area contributed by atoms with Gasteiger partial charge in [-0.25, -0.2) is 10.9 Å². The Morgan fingerprint density at radius 3 is 2.60 bits per heavy atom. The van der Waals surface area contributed by atoms with E-state index in [1.165, 1.54) is 5.01 Å². The Labute approximate surface area is 144 Å². The zero-order valence-corrected chi connectivity index (χ0v) is 13.6. The number of amides is 2. The third-order valence-corrected chi connectivity index (χ3v) is 4.44. The first-order valence-electron chi connectivity index (χ1n) is 7.97. The summed E-state index contributed by atoms with van der Waals surface area (Å²) in [6.07, 6.45) is 0.00336.